The maximum atomic E-state index is 12.8. The summed E-state index contributed by atoms with van der Waals surface area (Å²) in [5.41, 5.74) is 1.62. The fourth-order valence-electron chi connectivity index (χ4n) is 3.84. The van der Waals surface area contributed by atoms with E-state index < -0.39 is 0 Å². The first-order chi connectivity index (χ1) is 14.0. The van der Waals surface area contributed by atoms with Gasteiger partial charge in [-0.05, 0) is 32.8 Å². The van der Waals surface area contributed by atoms with E-state index in [1.807, 2.05) is 26.0 Å². The summed E-state index contributed by atoms with van der Waals surface area (Å²) < 4.78 is 9.23. The van der Waals surface area contributed by atoms with Crippen LogP contribution in [0.5, 0.6) is 5.75 Å². The molecule has 2 heterocycles. The zero-order valence-corrected chi connectivity index (χ0v) is 17.7. The lowest BCUT2D eigenvalue weighted by atomic mass is 9.96. The molecule has 1 aliphatic carbocycles. The number of halogens is 1. The summed E-state index contributed by atoms with van der Waals surface area (Å²) in [5.74, 6) is 0.186. The number of nitrogens with one attached hydrogen (secondary N) is 1. The molecule has 154 valence electrons. The molecule has 0 bridgehead atoms. The first-order valence-electron chi connectivity index (χ1n) is 10.1. The molecule has 29 heavy (non-hydrogen) atoms. The van der Waals surface area contributed by atoms with Crippen LogP contribution < -0.4 is 10.1 Å². The van der Waals surface area contributed by atoms with Crippen molar-refractivity contribution in [2.75, 3.05) is 12.4 Å². The monoisotopic (exact) mass is 415 g/mol. The standard InChI is InChI=1S/C21H26ClN5O2/c1-13(2)26-12-16(22)20(25-26)21(28)23-18-9-14-11-27(15-7-5-4-6-8-15)24-17(14)10-19(18)29-3/h9-13,15H,4-8H2,1-3H3,(H,23,28). The van der Waals surface area contributed by atoms with Gasteiger partial charge in [-0.25, -0.2) is 0 Å². The summed E-state index contributed by atoms with van der Waals surface area (Å²) in [6, 6.07) is 4.31. The molecule has 0 radical (unpaired) electrons. The number of ether oxygens (including phenoxy) is 1. The molecule has 1 aromatic carbocycles. The minimum Gasteiger partial charge on any atom is -0.494 e. The smallest absolute Gasteiger partial charge is 0.277 e. The van der Waals surface area contributed by atoms with Crippen molar-refractivity contribution in [2.24, 2.45) is 0 Å². The van der Waals surface area contributed by atoms with Crippen LogP contribution in [0.2, 0.25) is 5.02 Å². The van der Waals surface area contributed by atoms with Gasteiger partial charge in [0.15, 0.2) is 5.69 Å². The number of amides is 1. The molecule has 1 N–H and O–H groups in total. The second-order valence-corrected chi connectivity index (χ2v) is 8.27. The summed E-state index contributed by atoms with van der Waals surface area (Å²) >= 11 is 6.22. The van der Waals surface area contributed by atoms with Crippen molar-refractivity contribution >= 4 is 34.1 Å². The number of hydrogen-bond donors (Lipinski definition) is 1. The molecule has 7 nitrogen and oxygen atoms in total. The second-order valence-electron chi connectivity index (χ2n) is 7.87. The first kappa shape index (κ1) is 19.8. The SMILES string of the molecule is COc1cc2nn(C3CCCCC3)cc2cc1NC(=O)c1nn(C(C)C)cc1Cl. The minimum absolute atomic E-state index is 0.116. The summed E-state index contributed by atoms with van der Waals surface area (Å²) in [7, 11) is 1.58. The number of aromatic nitrogens is 4. The predicted octanol–water partition coefficient (Wildman–Crippen LogP) is 5.23. The van der Waals surface area contributed by atoms with Gasteiger partial charge in [-0.1, -0.05) is 30.9 Å². The number of methoxy groups -OCH3 is 1. The lowest BCUT2D eigenvalue weighted by Crippen LogP contribution is -2.15. The Bertz CT molecular complexity index is 1030. The van der Waals surface area contributed by atoms with Gasteiger partial charge in [0.05, 0.1) is 29.4 Å². The molecule has 1 fully saturated rings. The van der Waals surface area contributed by atoms with Crippen molar-refractivity contribution in [1.82, 2.24) is 19.6 Å². The molecule has 1 aliphatic rings. The van der Waals surface area contributed by atoms with Gasteiger partial charge in [0.25, 0.3) is 5.91 Å². The van der Waals surface area contributed by atoms with Gasteiger partial charge in [0.1, 0.15) is 5.75 Å². The van der Waals surface area contributed by atoms with E-state index in [4.69, 9.17) is 21.4 Å². The fourth-order valence-corrected chi connectivity index (χ4v) is 4.06. The highest BCUT2D eigenvalue weighted by atomic mass is 35.5. The maximum Gasteiger partial charge on any atom is 0.277 e. The zero-order chi connectivity index (χ0) is 20.5. The molecule has 0 unspecified atom stereocenters. The van der Waals surface area contributed by atoms with Crippen molar-refractivity contribution in [3.05, 3.63) is 35.2 Å². The molecule has 8 heteroatoms. The lowest BCUT2D eigenvalue weighted by Gasteiger charge is -2.21. The highest BCUT2D eigenvalue weighted by Gasteiger charge is 2.20. The minimum atomic E-state index is -0.369. The Morgan fingerprint density at radius 2 is 1.97 bits per heavy atom. The molecule has 0 atom stereocenters. The van der Waals surface area contributed by atoms with Crippen molar-refractivity contribution in [1.29, 1.82) is 0 Å². The average Bonchev–Trinajstić information content (AvgIpc) is 3.31. The first-order valence-corrected chi connectivity index (χ1v) is 10.5. The highest BCUT2D eigenvalue weighted by molar-refractivity contribution is 6.34. The third kappa shape index (κ3) is 3.96. The third-order valence-corrected chi connectivity index (χ3v) is 5.75. The third-order valence-electron chi connectivity index (χ3n) is 5.47. The number of carbonyl (C=O) groups excluding carboxylic acids is 1. The summed E-state index contributed by atoms with van der Waals surface area (Å²) in [6.45, 7) is 3.96. The van der Waals surface area contributed by atoms with Gasteiger partial charge in [0.2, 0.25) is 0 Å². The van der Waals surface area contributed by atoms with E-state index in [0.29, 0.717) is 22.5 Å². The molecule has 2 aromatic heterocycles. The number of anilines is 1. The van der Waals surface area contributed by atoms with E-state index in [9.17, 15) is 4.79 Å². The summed E-state index contributed by atoms with van der Waals surface area (Å²) in [4.78, 5) is 12.8. The summed E-state index contributed by atoms with van der Waals surface area (Å²) in [6.07, 6.45) is 9.83. The molecule has 1 saturated carbocycles. The van der Waals surface area contributed by atoms with Gasteiger partial charge in [-0.15, -0.1) is 0 Å². The van der Waals surface area contributed by atoms with Gasteiger partial charge in [0, 0.05) is 29.9 Å². The maximum absolute atomic E-state index is 12.8. The molecule has 3 aromatic rings. The fraction of sp³-hybridized carbons (Fsp3) is 0.476. The van der Waals surface area contributed by atoms with Crippen LogP contribution >= 0.6 is 11.6 Å². The van der Waals surface area contributed by atoms with Crippen LogP contribution in [0.15, 0.2) is 24.5 Å². The average molecular weight is 416 g/mol. The quantitative estimate of drug-likeness (QED) is 0.618. The Morgan fingerprint density at radius 3 is 2.62 bits per heavy atom. The molecule has 0 saturated heterocycles. The topological polar surface area (TPSA) is 74.0 Å². The van der Waals surface area contributed by atoms with Gasteiger partial charge < -0.3 is 10.1 Å². The largest absolute Gasteiger partial charge is 0.494 e. The Morgan fingerprint density at radius 1 is 1.21 bits per heavy atom. The number of fused-ring (bicyclic) bond motifs is 1. The van der Waals surface area contributed by atoms with Crippen LogP contribution in [0.4, 0.5) is 5.69 Å². The van der Waals surface area contributed by atoms with E-state index in [2.05, 4.69) is 21.3 Å². The second kappa shape index (κ2) is 8.06. The molecular formula is C21H26ClN5O2. The van der Waals surface area contributed by atoms with Crippen LogP contribution in [0.3, 0.4) is 0 Å². The predicted molar refractivity (Wildman–Crippen MR) is 114 cm³/mol. The van der Waals surface area contributed by atoms with E-state index in [1.165, 1.54) is 19.3 Å². The highest BCUT2D eigenvalue weighted by Crippen LogP contribution is 2.33. The van der Waals surface area contributed by atoms with E-state index >= 15 is 0 Å². The van der Waals surface area contributed by atoms with Crippen LogP contribution in [0, 0.1) is 0 Å². The van der Waals surface area contributed by atoms with Gasteiger partial charge >= 0.3 is 0 Å². The van der Waals surface area contributed by atoms with E-state index in [1.54, 1.807) is 18.0 Å². The summed E-state index contributed by atoms with van der Waals surface area (Å²) in [5, 5.41) is 13.2. The van der Waals surface area contributed by atoms with E-state index in [0.717, 1.165) is 23.7 Å². The molecular weight excluding hydrogens is 390 g/mol. The van der Waals surface area contributed by atoms with Gasteiger partial charge in [-0.2, -0.15) is 10.2 Å². The lowest BCUT2D eigenvalue weighted by molar-refractivity contribution is 0.102. The Labute approximate surface area is 175 Å². The van der Waals surface area contributed by atoms with E-state index in [-0.39, 0.29) is 17.6 Å². The molecule has 0 aliphatic heterocycles. The van der Waals surface area contributed by atoms with Crippen LogP contribution in [0.1, 0.15) is 68.5 Å². The molecule has 4 rings (SSSR count). The van der Waals surface area contributed by atoms with Crippen molar-refractivity contribution in [2.45, 2.75) is 58.0 Å². The van der Waals surface area contributed by atoms with Crippen LogP contribution in [-0.4, -0.2) is 32.6 Å². The Balaban J connectivity index is 1.63. The van der Waals surface area contributed by atoms with Crippen molar-refractivity contribution < 1.29 is 9.53 Å². The van der Waals surface area contributed by atoms with Crippen LogP contribution in [0.25, 0.3) is 10.9 Å². The van der Waals surface area contributed by atoms with Gasteiger partial charge in [-0.3, -0.25) is 14.2 Å². The van der Waals surface area contributed by atoms with Crippen molar-refractivity contribution in [3.63, 3.8) is 0 Å². The zero-order valence-electron chi connectivity index (χ0n) is 17.0. The molecule has 0 spiro atoms. The number of nitrogens with zero attached hydrogens (tertiary/aromatic N) is 4. The Kier molecular flexibility index (Phi) is 5.50. The number of carbonyl (C=O) groups is 1. The van der Waals surface area contributed by atoms with Crippen molar-refractivity contribution in [3.8, 4) is 5.75 Å². The number of benzene rings is 1. The van der Waals surface area contributed by atoms with Crippen LogP contribution in [-0.2, 0) is 0 Å². The normalized spacial score (nSPS) is 15.2. The number of rotatable bonds is 5. The number of hydrogen-bond acceptors (Lipinski definition) is 4. The Hall–Kier alpha value is -2.54. The molecule has 1 amide bonds.